The highest BCUT2D eigenvalue weighted by atomic mass is 16.6. The second kappa shape index (κ2) is 13.3. The van der Waals surface area contributed by atoms with Crippen molar-refractivity contribution in [1.29, 1.82) is 0 Å². The topological polar surface area (TPSA) is 108 Å². The molecule has 40 heavy (non-hydrogen) atoms. The number of nitrogens with one attached hydrogen (secondary N) is 2. The van der Waals surface area contributed by atoms with Crippen LogP contribution in [0.15, 0.2) is 66.7 Å². The van der Waals surface area contributed by atoms with Crippen molar-refractivity contribution in [3.05, 3.63) is 72.3 Å². The first kappa shape index (κ1) is 30.5. The number of anilines is 1. The van der Waals surface area contributed by atoms with Crippen LogP contribution in [0.1, 0.15) is 66.0 Å². The predicted molar refractivity (Wildman–Crippen MR) is 158 cm³/mol. The lowest BCUT2D eigenvalue weighted by Gasteiger charge is -2.35. The number of carbonyl (C=O) groups excluding carboxylic acids is 3. The summed E-state index contributed by atoms with van der Waals surface area (Å²) in [6.45, 7) is 11.2. The van der Waals surface area contributed by atoms with Gasteiger partial charge in [0.2, 0.25) is 5.91 Å². The van der Waals surface area contributed by atoms with E-state index in [-0.39, 0.29) is 18.2 Å². The number of phenolic OH excluding ortho intramolecular Hbond substituents is 1. The predicted octanol–water partition coefficient (Wildman–Crippen LogP) is 6.40. The van der Waals surface area contributed by atoms with E-state index in [1.807, 2.05) is 63.2 Å². The molecule has 0 bridgehead atoms. The Morgan fingerprint density at radius 2 is 1.65 bits per heavy atom. The number of carbonyl (C=O) groups is 3. The second-order valence-corrected chi connectivity index (χ2v) is 11.3. The largest absolute Gasteiger partial charge is 0.508 e. The molecule has 0 aliphatic rings. The number of alkyl carbamates (subject to hydrolysis) is 1. The average molecular weight is 548 g/mol. The SMILES string of the molecule is CCCCN(C(=O)C(NC(=O)OC(C)(C)C)C(C)C)C(C(=O)Nc1ccc2ccccc2c1)c1cccc(O)c1. The quantitative estimate of drug-likeness (QED) is 0.272. The third kappa shape index (κ3) is 8.21. The summed E-state index contributed by atoms with van der Waals surface area (Å²) in [6.07, 6.45) is 0.723. The maximum atomic E-state index is 14.1. The first-order valence-electron chi connectivity index (χ1n) is 13.8. The molecule has 0 aliphatic heterocycles. The van der Waals surface area contributed by atoms with Crippen LogP contribution in [0.2, 0.25) is 0 Å². The zero-order chi connectivity index (χ0) is 29.4. The molecule has 3 N–H and O–H groups in total. The molecule has 0 saturated carbocycles. The van der Waals surface area contributed by atoms with Gasteiger partial charge in [-0.1, -0.05) is 69.7 Å². The number of amides is 3. The second-order valence-electron chi connectivity index (χ2n) is 11.3. The van der Waals surface area contributed by atoms with Gasteiger partial charge in [-0.2, -0.15) is 0 Å². The normalized spacial score (nSPS) is 13.0. The Morgan fingerprint density at radius 3 is 2.27 bits per heavy atom. The van der Waals surface area contributed by atoms with Crippen molar-refractivity contribution in [2.24, 2.45) is 5.92 Å². The van der Waals surface area contributed by atoms with Crippen LogP contribution in [0.3, 0.4) is 0 Å². The molecule has 0 fully saturated rings. The molecule has 2 unspecified atom stereocenters. The molecule has 0 aromatic heterocycles. The first-order chi connectivity index (χ1) is 18.9. The van der Waals surface area contributed by atoms with Gasteiger partial charge in [-0.3, -0.25) is 9.59 Å². The van der Waals surface area contributed by atoms with E-state index in [1.165, 1.54) is 17.0 Å². The van der Waals surface area contributed by atoms with Crippen molar-refractivity contribution in [2.75, 3.05) is 11.9 Å². The fraction of sp³-hybridized carbons (Fsp3) is 0.406. The average Bonchev–Trinajstić information content (AvgIpc) is 2.88. The summed E-state index contributed by atoms with van der Waals surface area (Å²) in [4.78, 5) is 42.3. The van der Waals surface area contributed by atoms with Gasteiger partial charge in [0.25, 0.3) is 5.91 Å². The Labute approximate surface area is 236 Å². The van der Waals surface area contributed by atoms with Crippen molar-refractivity contribution in [2.45, 2.75) is 72.1 Å². The number of phenols is 1. The monoisotopic (exact) mass is 547 g/mol. The zero-order valence-corrected chi connectivity index (χ0v) is 24.2. The Bertz CT molecular complexity index is 1330. The van der Waals surface area contributed by atoms with E-state index >= 15 is 0 Å². The Kier molecular flexibility index (Phi) is 10.2. The number of benzene rings is 3. The molecule has 3 aromatic carbocycles. The number of nitrogens with zero attached hydrogens (tertiary/aromatic N) is 1. The van der Waals surface area contributed by atoms with Gasteiger partial charge in [0, 0.05) is 12.2 Å². The molecule has 214 valence electrons. The van der Waals surface area contributed by atoms with Gasteiger partial charge in [-0.25, -0.2) is 4.79 Å². The van der Waals surface area contributed by atoms with Crippen LogP contribution in [0.4, 0.5) is 10.5 Å². The van der Waals surface area contributed by atoms with E-state index < -0.39 is 35.6 Å². The maximum Gasteiger partial charge on any atom is 0.408 e. The molecular weight excluding hydrogens is 506 g/mol. The van der Waals surface area contributed by atoms with E-state index in [1.54, 1.807) is 32.9 Å². The molecule has 3 amide bonds. The molecule has 0 radical (unpaired) electrons. The van der Waals surface area contributed by atoms with Gasteiger partial charge in [-0.05, 0) is 73.7 Å². The highest BCUT2D eigenvalue weighted by Gasteiger charge is 2.37. The number of hydrogen-bond donors (Lipinski definition) is 3. The number of aromatic hydroxyl groups is 1. The van der Waals surface area contributed by atoms with Gasteiger partial charge >= 0.3 is 6.09 Å². The lowest BCUT2D eigenvalue weighted by atomic mass is 9.98. The minimum absolute atomic E-state index is 0.0174. The fourth-order valence-electron chi connectivity index (χ4n) is 4.47. The van der Waals surface area contributed by atoms with Crippen LogP contribution in [-0.4, -0.2) is 46.1 Å². The third-order valence-corrected chi connectivity index (χ3v) is 6.40. The molecule has 0 heterocycles. The number of unbranched alkanes of at least 4 members (excludes halogenated alkanes) is 1. The fourth-order valence-corrected chi connectivity index (χ4v) is 4.47. The summed E-state index contributed by atoms with van der Waals surface area (Å²) in [6, 6.07) is 17.8. The summed E-state index contributed by atoms with van der Waals surface area (Å²) in [5, 5.41) is 18.0. The minimum Gasteiger partial charge on any atom is -0.508 e. The van der Waals surface area contributed by atoms with Crippen LogP contribution in [0.5, 0.6) is 5.75 Å². The van der Waals surface area contributed by atoms with Gasteiger partial charge < -0.3 is 25.4 Å². The van der Waals surface area contributed by atoms with Crippen LogP contribution >= 0.6 is 0 Å². The van der Waals surface area contributed by atoms with Crippen molar-refractivity contribution in [3.63, 3.8) is 0 Å². The van der Waals surface area contributed by atoms with E-state index in [4.69, 9.17) is 4.74 Å². The van der Waals surface area contributed by atoms with E-state index in [0.29, 0.717) is 17.7 Å². The molecule has 3 aromatic rings. The van der Waals surface area contributed by atoms with Gasteiger partial charge in [-0.15, -0.1) is 0 Å². The van der Waals surface area contributed by atoms with Crippen LogP contribution in [0.25, 0.3) is 10.8 Å². The van der Waals surface area contributed by atoms with Crippen molar-refractivity contribution in [1.82, 2.24) is 10.2 Å². The first-order valence-corrected chi connectivity index (χ1v) is 13.8. The molecule has 0 aliphatic carbocycles. The third-order valence-electron chi connectivity index (χ3n) is 6.40. The summed E-state index contributed by atoms with van der Waals surface area (Å²) in [5.41, 5.74) is 0.312. The smallest absolute Gasteiger partial charge is 0.408 e. The van der Waals surface area contributed by atoms with Crippen LogP contribution in [0, 0.1) is 5.92 Å². The van der Waals surface area contributed by atoms with E-state index in [2.05, 4.69) is 10.6 Å². The summed E-state index contributed by atoms with van der Waals surface area (Å²) in [5.74, 6) is -1.13. The number of ether oxygens (including phenoxy) is 1. The number of fused-ring (bicyclic) bond motifs is 1. The number of hydrogen-bond acceptors (Lipinski definition) is 5. The standard InChI is InChI=1S/C32H41N3O5/c1-7-8-18-35(30(38)27(21(2)3)34-31(39)40-32(4,5)6)28(24-14-11-15-26(36)20-24)29(37)33-25-17-16-22-12-9-10-13-23(22)19-25/h9-17,19-21,27-28,36H,7-8,18H2,1-6H3,(H,33,37)(H,34,39). The van der Waals surface area contributed by atoms with Crippen LogP contribution in [-0.2, 0) is 14.3 Å². The summed E-state index contributed by atoms with van der Waals surface area (Å²) in [7, 11) is 0. The molecule has 0 spiro atoms. The van der Waals surface area contributed by atoms with Crippen molar-refractivity contribution in [3.8, 4) is 5.75 Å². The summed E-state index contributed by atoms with van der Waals surface area (Å²) < 4.78 is 5.42. The molecule has 2 atom stereocenters. The van der Waals surface area contributed by atoms with Crippen molar-refractivity contribution < 1.29 is 24.2 Å². The Morgan fingerprint density at radius 1 is 0.950 bits per heavy atom. The zero-order valence-electron chi connectivity index (χ0n) is 24.2. The highest BCUT2D eigenvalue weighted by Crippen LogP contribution is 2.29. The summed E-state index contributed by atoms with van der Waals surface area (Å²) >= 11 is 0. The molecular formula is C32H41N3O5. The van der Waals surface area contributed by atoms with E-state index in [9.17, 15) is 19.5 Å². The number of rotatable bonds is 10. The highest BCUT2D eigenvalue weighted by molar-refractivity contribution is 6.00. The molecule has 8 nitrogen and oxygen atoms in total. The van der Waals surface area contributed by atoms with E-state index in [0.717, 1.165) is 17.2 Å². The Balaban J connectivity index is 2.01. The van der Waals surface area contributed by atoms with Gasteiger partial charge in [0.1, 0.15) is 23.4 Å². The maximum absolute atomic E-state index is 14.1. The van der Waals surface area contributed by atoms with Gasteiger partial charge in [0.05, 0.1) is 0 Å². The van der Waals surface area contributed by atoms with Crippen molar-refractivity contribution >= 4 is 34.4 Å². The lowest BCUT2D eigenvalue weighted by molar-refractivity contribution is -0.141. The molecule has 0 saturated heterocycles. The lowest BCUT2D eigenvalue weighted by Crippen LogP contribution is -2.54. The molecule has 8 heteroatoms. The minimum atomic E-state index is -1.06. The van der Waals surface area contributed by atoms with Gasteiger partial charge in [0.15, 0.2) is 0 Å². The molecule has 3 rings (SSSR count). The van der Waals surface area contributed by atoms with Crippen LogP contribution < -0.4 is 10.6 Å². The Hall–Kier alpha value is -4.07.